The molecule has 1 aliphatic heterocycles. The molecule has 4 rings (SSSR count). The number of rotatable bonds is 6. The van der Waals surface area contributed by atoms with Gasteiger partial charge in [-0.3, -0.25) is 4.90 Å². The summed E-state index contributed by atoms with van der Waals surface area (Å²) < 4.78 is 16.2. The molecule has 0 radical (unpaired) electrons. The zero-order valence-corrected chi connectivity index (χ0v) is 17.9. The van der Waals surface area contributed by atoms with E-state index in [0.717, 1.165) is 5.56 Å². The van der Waals surface area contributed by atoms with Gasteiger partial charge in [0.25, 0.3) is 0 Å². The van der Waals surface area contributed by atoms with E-state index in [-0.39, 0.29) is 6.54 Å². The zero-order valence-electron chi connectivity index (χ0n) is 17.1. The number of aliphatic hydroxyl groups is 1. The number of hydrogen-bond acceptors (Lipinski definition) is 5. The minimum atomic E-state index is -1.75. The van der Waals surface area contributed by atoms with E-state index >= 15 is 0 Å². The van der Waals surface area contributed by atoms with Crippen molar-refractivity contribution in [3.8, 4) is 11.5 Å². The molecule has 0 spiro atoms. The van der Waals surface area contributed by atoms with Gasteiger partial charge in [0.15, 0.2) is 6.10 Å². The largest absolute Gasteiger partial charge is 0.497 e. The fraction of sp³-hybridized carbons (Fsp3) is 0.208. The number of halogens is 1. The van der Waals surface area contributed by atoms with Crippen molar-refractivity contribution >= 4 is 17.7 Å². The first kappa shape index (κ1) is 21.0. The number of hydrogen-bond donors (Lipinski definition) is 1. The molecule has 3 aromatic carbocycles. The summed E-state index contributed by atoms with van der Waals surface area (Å²) in [6.45, 7) is 0.120. The number of carbonyl (C=O) groups excluding carboxylic acids is 1. The summed E-state index contributed by atoms with van der Waals surface area (Å²) in [7, 11) is 3.14. The van der Waals surface area contributed by atoms with Crippen LogP contribution in [-0.2, 0) is 17.0 Å². The van der Waals surface area contributed by atoms with Crippen molar-refractivity contribution in [2.45, 2.75) is 18.4 Å². The summed E-state index contributed by atoms with van der Waals surface area (Å²) >= 11 is 6.12. The number of amides is 1. The lowest BCUT2D eigenvalue weighted by atomic mass is 9.91. The monoisotopic (exact) mass is 439 g/mol. The minimum Gasteiger partial charge on any atom is -0.497 e. The number of cyclic esters (lactones) is 1. The summed E-state index contributed by atoms with van der Waals surface area (Å²) in [6, 6.07) is 21.1. The Hall–Kier alpha value is -3.22. The van der Waals surface area contributed by atoms with Gasteiger partial charge in [-0.1, -0.05) is 48.0 Å². The lowest BCUT2D eigenvalue weighted by Crippen LogP contribution is -2.45. The molecule has 1 fully saturated rings. The molecule has 31 heavy (non-hydrogen) atoms. The van der Waals surface area contributed by atoms with Gasteiger partial charge in [0, 0.05) is 10.6 Å². The quantitative estimate of drug-likeness (QED) is 0.592. The Kier molecular flexibility index (Phi) is 5.76. The van der Waals surface area contributed by atoms with Gasteiger partial charge in [-0.2, -0.15) is 0 Å². The van der Waals surface area contributed by atoms with E-state index in [0.29, 0.717) is 27.6 Å². The number of nitrogens with zero attached hydrogens (tertiary/aromatic N) is 1. The van der Waals surface area contributed by atoms with Gasteiger partial charge in [-0.25, -0.2) is 4.79 Å². The van der Waals surface area contributed by atoms with Crippen LogP contribution in [0, 0.1) is 0 Å². The van der Waals surface area contributed by atoms with E-state index in [2.05, 4.69) is 0 Å². The average molecular weight is 440 g/mol. The molecule has 1 aliphatic rings. The van der Waals surface area contributed by atoms with E-state index in [1.807, 2.05) is 6.07 Å². The van der Waals surface area contributed by atoms with Crippen LogP contribution in [-0.4, -0.2) is 30.3 Å². The maximum atomic E-state index is 12.9. The molecular weight excluding hydrogens is 418 g/mol. The highest BCUT2D eigenvalue weighted by molar-refractivity contribution is 6.30. The molecule has 1 heterocycles. The molecule has 3 aromatic rings. The fourth-order valence-electron chi connectivity index (χ4n) is 3.75. The Bertz CT molecular complexity index is 1070. The molecule has 7 heteroatoms. The second kappa shape index (κ2) is 8.49. The van der Waals surface area contributed by atoms with Gasteiger partial charge in [0.2, 0.25) is 5.72 Å². The number of methoxy groups -OCH3 is 2. The SMILES string of the molecule is COc1ccc([C@@H]2OC(=O)N(Cc3cccc(Cl)c3)[C@]2(O)c2ccc(OC)cc2)cc1. The first-order valence-electron chi connectivity index (χ1n) is 9.69. The second-order valence-corrected chi connectivity index (χ2v) is 7.64. The molecule has 0 bridgehead atoms. The van der Waals surface area contributed by atoms with E-state index in [1.165, 1.54) is 4.90 Å². The first-order chi connectivity index (χ1) is 15.0. The van der Waals surface area contributed by atoms with Gasteiger partial charge >= 0.3 is 6.09 Å². The summed E-state index contributed by atoms with van der Waals surface area (Å²) in [5.74, 6) is 1.30. The van der Waals surface area contributed by atoms with Crippen LogP contribution in [0.15, 0.2) is 72.8 Å². The van der Waals surface area contributed by atoms with Crippen molar-refractivity contribution in [3.05, 3.63) is 94.5 Å². The zero-order chi connectivity index (χ0) is 22.0. The van der Waals surface area contributed by atoms with E-state index in [9.17, 15) is 9.90 Å². The molecule has 1 N–H and O–H groups in total. The smallest absolute Gasteiger partial charge is 0.413 e. The molecule has 0 unspecified atom stereocenters. The number of ether oxygens (including phenoxy) is 3. The summed E-state index contributed by atoms with van der Waals surface area (Å²) in [4.78, 5) is 14.3. The predicted octanol–water partition coefficient (Wildman–Crippen LogP) is 4.90. The van der Waals surface area contributed by atoms with Crippen LogP contribution in [0.2, 0.25) is 5.02 Å². The van der Waals surface area contributed by atoms with Crippen LogP contribution in [0.1, 0.15) is 22.8 Å². The molecular formula is C24H22ClNO5. The van der Waals surface area contributed by atoms with Gasteiger partial charge in [-0.15, -0.1) is 0 Å². The van der Waals surface area contributed by atoms with Crippen LogP contribution in [0.5, 0.6) is 11.5 Å². The Morgan fingerprint density at radius 2 is 1.61 bits per heavy atom. The highest BCUT2D eigenvalue weighted by atomic mass is 35.5. The summed E-state index contributed by atoms with van der Waals surface area (Å²) in [5.41, 5.74) is 0.162. The Labute approximate surface area is 185 Å². The minimum absolute atomic E-state index is 0.120. The topological polar surface area (TPSA) is 68.2 Å². The molecule has 0 saturated carbocycles. The lowest BCUT2D eigenvalue weighted by Gasteiger charge is -2.35. The summed E-state index contributed by atoms with van der Waals surface area (Å²) in [6.07, 6.45) is -1.57. The highest BCUT2D eigenvalue weighted by Crippen LogP contribution is 2.47. The molecule has 1 saturated heterocycles. The third-order valence-electron chi connectivity index (χ3n) is 5.38. The molecule has 0 aliphatic carbocycles. The normalized spacial score (nSPS) is 20.5. The van der Waals surface area contributed by atoms with Gasteiger partial charge in [0.1, 0.15) is 11.5 Å². The third-order valence-corrected chi connectivity index (χ3v) is 5.61. The molecule has 6 nitrogen and oxygen atoms in total. The van der Waals surface area contributed by atoms with Crippen LogP contribution in [0.25, 0.3) is 0 Å². The van der Waals surface area contributed by atoms with Crippen molar-refractivity contribution in [2.75, 3.05) is 14.2 Å². The number of carbonyl (C=O) groups is 1. The lowest BCUT2D eigenvalue weighted by molar-refractivity contribution is -0.113. The second-order valence-electron chi connectivity index (χ2n) is 7.21. The predicted molar refractivity (Wildman–Crippen MR) is 116 cm³/mol. The van der Waals surface area contributed by atoms with Crippen molar-refractivity contribution in [2.24, 2.45) is 0 Å². The first-order valence-corrected chi connectivity index (χ1v) is 10.1. The van der Waals surface area contributed by atoms with Crippen LogP contribution in [0.3, 0.4) is 0 Å². The summed E-state index contributed by atoms with van der Waals surface area (Å²) in [5, 5.41) is 12.5. The van der Waals surface area contributed by atoms with Crippen LogP contribution >= 0.6 is 11.6 Å². The average Bonchev–Trinajstić information content (AvgIpc) is 3.05. The van der Waals surface area contributed by atoms with Crippen molar-refractivity contribution in [3.63, 3.8) is 0 Å². The maximum Gasteiger partial charge on any atom is 0.413 e. The number of benzene rings is 3. The maximum absolute atomic E-state index is 12.9. The van der Waals surface area contributed by atoms with Gasteiger partial charge < -0.3 is 19.3 Å². The van der Waals surface area contributed by atoms with Crippen molar-refractivity contribution in [1.29, 1.82) is 0 Å². The van der Waals surface area contributed by atoms with E-state index in [1.54, 1.807) is 80.9 Å². The third kappa shape index (κ3) is 3.92. The van der Waals surface area contributed by atoms with Crippen molar-refractivity contribution < 1.29 is 24.1 Å². The van der Waals surface area contributed by atoms with E-state index in [4.69, 9.17) is 25.8 Å². The molecule has 160 valence electrons. The van der Waals surface area contributed by atoms with Crippen LogP contribution < -0.4 is 9.47 Å². The fourth-order valence-corrected chi connectivity index (χ4v) is 3.97. The molecule has 0 aromatic heterocycles. The standard InChI is InChI=1S/C24H22ClNO5/c1-29-20-10-6-17(7-11-20)22-24(28,18-8-12-21(30-2)13-9-18)26(23(27)31-22)15-16-4-3-5-19(25)14-16/h3-14,22,28H,15H2,1-2H3/t22-,24-/m0/s1. The van der Waals surface area contributed by atoms with Gasteiger partial charge in [0.05, 0.1) is 20.8 Å². The van der Waals surface area contributed by atoms with E-state index < -0.39 is 17.9 Å². The highest BCUT2D eigenvalue weighted by Gasteiger charge is 2.56. The molecule has 1 amide bonds. The molecule has 2 atom stereocenters. The van der Waals surface area contributed by atoms with Crippen LogP contribution in [0.4, 0.5) is 4.79 Å². The Morgan fingerprint density at radius 1 is 1.00 bits per heavy atom. The Morgan fingerprint density at radius 3 is 2.19 bits per heavy atom. The van der Waals surface area contributed by atoms with Crippen molar-refractivity contribution in [1.82, 2.24) is 4.90 Å². The van der Waals surface area contributed by atoms with Gasteiger partial charge in [-0.05, 0) is 47.5 Å². The Balaban J connectivity index is 1.79.